The van der Waals surface area contributed by atoms with E-state index in [2.05, 4.69) is 52.5 Å². The summed E-state index contributed by atoms with van der Waals surface area (Å²) in [6.45, 7) is 2.33. The molecule has 0 rings (SSSR count). The minimum Gasteiger partial charge on any atom is -0.480 e. The van der Waals surface area contributed by atoms with E-state index in [4.69, 9.17) is 4.74 Å². The van der Waals surface area contributed by atoms with Crippen molar-refractivity contribution in [3.05, 3.63) is 24.3 Å². The van der Waals surface area contributed by atoms with Crippen LogP contribution in [0.4, 0.5) is 0 Å². The summed E-state index contributed by atoms with van der Waals surface area (Å²) < 4.78 is 26.4. The van der Waals surface area contributed by atoms with Crippen LogP contribution in [0.5, 0.6) is 0 Å². The smallest absolute Gasteiger partial charge is 0.472 e. The fraction of sp³-hybridized carbons (Fsp3) is 0.767. The van der Waals surface area contributed by atoms with Crippen LogP contribution in [0.1, 0.15) is 117 Å². The molecular formula is C30H54NO10P. The van der Waals surface area contributed by atoms with Crippen LogP contribution >= 0.6 is 7.82 Å². The fourth-order valence-corrected chi connectivity index (χ4v) is 4.53. The van der Waals surface area contributed by atoms with Crippen LogP contribution in [-0.4, -0.2) is 64.9 Å². The Balaban J connectivity index is 4.01. The molecule has 244 valence electrons. The van der Waals surface area contributed by atoms with Crippen molar-refractivity contribution in [2.45, 2.75) is 129 Å². The van der Waals surface area contributed by atoms with Crippen LogP contribution in [0.2, 0.25) is 0 Å². The summed E-state index contributed by atoms with van der Waals surface area (Å²) in [6, 6.07) is -1.54. The van der Waals surface area contributed by atoms with Gasteiger partial charge < -0.3 is 25.2 Å². The number of carboxylic acid groups (broad SMARTS) is 1. The lowest BCUT2D eigenvalue weighted by Crippen LogP contribution is -2.43. The number of esters is 1. The largest absolute Gasteiger partial charge is 0.480 e. The highest BCUT2D eigenvalue weighted by molar-refractivity contribution is 7.47. The lowest BCUT2D eigenvalue weighted by molar-refractivity contribution is -0.147. The Bertz CT molecular complexity index is 833. The maximum Gasteiger partial charge on any atom is 0.472 e. The predicted octanol–water partition coefficient (Wildman–Crippen LogP) is 5.99. The Hall–Kier alpha value is -2.04. The van der Waals surface area contributed by atoms with Gasteiger partial charge in [0, 0.05) is 12.8 Å². The molecule has 0 aliphatic rings. The van der Waals surface area contributed by atoms with Crippen molar-refractivity contribution >= 4 is 25.7 Å². The third kappa shape index (κ3) is 25.7. The molecule has 0 aliphatic carbocycles. The number of hydrogen-bond donors (Lipinski definition) is 4. The van der Waals surface area contributed by atoms with E-state index in [1.807, 2.05) is 0 Å². The molecule has 0 aromatic rings. The number of aliphatic hydroxyl groups is 1. The first-order chi connectivity index (χ1) is 20.1. The molecule has 12 heteroatoms. The van der Waals surface area contributed by atoms with Gasteiger partial charge >= 0.3 is 19.8 Å². The van der Waals surface area contributed by atoms with Gasteiger partial charge in [-0.1, -0.05) is 89.5 Å². The normalized spacial score (nSPS) is 14.6. The van der Waals surface area contributed by atoms with Gasteiger partial charge in [-0.25, -0.2) is 9.36 Å². The molecule has 0 saturated carbocycles. The van der Waals surface area contributed by atoms with E-state index in [0.29, 0.717) is 12.8 Å². The highest BCUT2D eigenvalue weighted by Crippen LogP contribution is 2.43. The van der Waals surface area contributed by atoms with Gasteiger partial charge in [0.15, 0.2) is 6.04 Å². The van der Waals surface area contributed by atoms with Gasteiger partial charge in [0.1, 0.15) is 12.7 Å². The Morgan fingerprint density at radius 3 is 2.02 bits per heavy atom. The second kappa shape index (κ2) is 26.6. The van der Waals surface area contributed by atoms with E-state index in [1.54, 1.807) is 0 Å². The summed E-state index contributed by atoms with van der Waals surface area (Å²) >= 11 is 0. The number of aliphatic hydroxyl groups excluding tert-OH is 1. The number of amides is 1. The van der Waals surface area contributed by atoms with E-state index in [9.17, 15) is 34.1 Å². The zero-order valence-corrected chi connectivity index (χ0v) is 26.4. The molecule has 0 radical (unpaired) electrons. The predicted molar refractivity (Wildman–Crippen MR) is 162 cm³/mol. The molecule has 0 fully saturated rings. The number of aliphatic carboxylic acids is 1. The number of ether oxygens (including phenoxy) is 1. The Morgan fingerprint density at radius 2 is 1.36 bits per heavy atom. The number of allylic oxidation sites excluding steroid dienone is 4. The number of phosphoric ester groups is 1. The molecule has 0 aromatic carbocycles. The third-order valence-electron chi connectivity index (χ3n) is 6.22. The van der Waals surface area contributed by atoms with Crippen LogP contribution in [0.3, 0.4) is 0 Å². The van der Waals surface area contributed by atoms with Gasteiger partial charge in [-0.15, -0.1) is 0 Å². The van der Waals surface area contributed by atoms with E-state index in [1.165, 1.54) is 6.42 Å². The lowest BCUT2D eigenvalue weighted by atomic mass is 10.1. The van der Waals surface area contributed by atoms with Crippen LogP contribution < -0.4 is 5.32 Å². The lowest BCUT2D eigenvalue weighted by Gasteiger charge is -2.18. The molecule has 3 atom stereocenters. The van der Waals surface area contributed by atoms with E-state index >= 15 is 0 Å². The van der Waals surface area contributed by atoms with E-state index in [0.717, 1.165) is 70.6 Å². The number of hydrogen-bond acceptors (Lipinski definition) is 8. The molecule has 1 amide bonds. The van der Waals surface area contributed by atoms with Crippen molar-refractivity contribution in [1.29, 1.82) is 0 Å². The number of rotatable bonds is 28. The number of phosphoric acid groups is 1. The molecule has 0 aromatic heterocycles. The SMILES string of the molecule is CCC/C=C\C/C=C\CCCCCCCC(=O)OCC(O)COP(=O)(O)OCC(NC(=O)CCCCCCC)C(=O)O. The summed E-state index contributed by atoms with van der Waals surface area (Å²) in [5, 5.41) is 21.4. The summed E-state index contributed by atoms with van der Waals surface area (Å²) in [5.41, 5.74) is 0. The molecule has 11 nitrogen and oxygen atoms in total. The number of unbranched alkanes of at least 4 members (excludes halogenated alkanes) is 10. The average Bonchev–Trinajstić information content (AvgIpc) is 2.95. The van der Waals surface area contributed by atoms with Crippen LogP contribution in [0.15, 0.2) is 24.3 Å². The second-order valence-electron chi connectivity index (χ2n) is 10.3. The van der Waals surface area contributed by atoms with Crippen LogP contribution in [0.25, 0.3) is 0 Å². The molecule has 0 spiro atoms. The summed E-state index contributed by atoms with van der Waals surface area (Å²) in [5.74, 6) is -2.41. The fourth-order valence-electron chi connectivity index (χ4n) is 3.76. The number of carbonyl (C=O) groups is 3. The first-order valence-corrected chi connectivity index (χ1v) is 16.9. The van der Waals surface area contributed by atoms with Crippen molar-refractivity contribution in [2.24, 2.45) is 0 Å². The van der Waals surface area contributed by atoms with Gasteiger partial charge in [-0.3, -0.25) is 18.6 Å². The summed E-state index contributed by atoms with van der Waals surface area (Å²) in [7, 11) is -4.73. The summed E-state index contributed by atoms with van der Waals surface area (Å²) in [6.07, 6.45) is 21.4. The van der Waals surface area contributed by atoms with E-state index < -0.39 is 57.6 Å². The molecular weight excluding hydrogens is 565 g/mol. The van der Waals surface area contributed by atoms with Gasteiger partial charge in [0.2, 0.25) is 5.91 Å². The highest BCUT2D eigenvalue weighted by atomic mass is 31.2. The van der Waals surface area contributed by atoms with Crippen molar-refractivity contribution in [2.75, 3.05) is 19.8 Å². The Labute approximate surface area is 251 Å². The van der Waals surface area contributed by atoms with Crippen molar-refractivity contribution in [3.8, 4) is 0 Å². The second-order valence-corrected chi connectivity index (χ2v) is 11.7. The van der Waals surface area contributed by atoms with Gasteiger partial charge in [0.05, 0.1) is 13.2 Å². The van der Waals surface area contributed by atoms with Gasteiger partial charge in [0.25, 0.3) is 0 Å². The minimum atomic E-state index is -4.73. The Kier molecular flexibility index (Phi) is 25.3. The maximum atomic E-state index is 12.1. The maximum absolute atomic E-state index is 12.1. The van der Waals surface area contributed by atoms with Crippen LogP contribution in [0, 0.1) is 0 Å². The monoisotopic (exact) mass is 619 g/mol. The summed E-state index contributed by atoms with van der Waals surface area (Å²) in [4.78, 5) is 45.0. The van der Waals surface area contributed by atoms with Crippen molar-refractivity contribution in [1.82, 2.24) is 5.32 Å². The van der Waals surface area contributed by atoms with Crippen LogP contribution in [-0.2, 0) is 32.7 Å². The molecule has 42 heavy (non-hydrogen) atoms. The van der Waals surface area contributed by atoms with Crippen molar-refractivity contribution in [3.63, 3.8) is 0 Å². The molecule has 0 aliphatic heterocycles. The first-order valence-electron chi connectivity index (χ1n) is 15.4. The first kappa shape index (κ1) is 40.0. The highest BCUT2D eigenvalue weighted by Gasteiger charge is 2.28. The number of carboxylic acids is 1. The number of carbonyl (C=O) groups excluding carboxylic acids is 2. The molecule has 4 N–H and O–H groups in total. The van der Waals surface area contributed by atoms with Gasteiger partial charge in [-0.05, 0) is 38.5 Å². The third-order valence-corrected chi connectivity index (χ3v) is 7.18. The molecule has 0 bridgehead atoms. The zero-order chi connectivity index (χ0) is 31.5. The van der Waals surface area contributed by atoms with Crippen molar-refractivity contribution < 1.29 is 47.8 Å². The Morgan fingerprint density at radius 1 is 0.762 bits per heavy atom. The molecule has 3 unspecified atom stereocenters. The zero-order valence-electron chi connectivity index (χ0n) is 25.5. The molecule has 0 heterocycles. The quantitative estimate of drug-likeness (QED) is 0.0353. The van der Waals surface area contributed by atoms with E-state index in [-0.39, 0.29) is 12.8 Å². The molecule has 0 saturated heterocycles. The average molecular weight is 620 g/mol. The minimum absolute atomic E-state index is 0.140. The topological polar surface area (TPSA) is 169 Å². The standard InChI is InChI=1S/C30H54NO10P/c1-3-5-7-9-10-11-12-13-14-15-16-18-20-22-29(34)39-23-26(32)24-40-42(37,38)41-25-27(30(35)36)31-28(33)21-19-17-8-6-4-2/h7,9,11-12,26-27,32H,3-6,8,10,13-25H2,1-2H3,(H,31,33)(H,35,36)(H,37,38)/b9-7-,12-11-. The van der Waals surface area contributed by atoms with Gasteiger partial charge in [-0.2, -0.15) is 0 Å². The number of nitrogens with one attached hydrogen (secondary N) is 1.